The quantitative estimate of drug-likeness (QED) is 0.769. The molecule has 2 aromatic rings. The van der Waals surface area contributed by atoms with Crippen molar-refractivity contribution in [3.8, 4) is 5.75 Å². The summed E-state index contributed by atoms with van der Waals surface area (Å²) in [4.78, 5) is 28.4. The van der Waals surface area contributed by atoms with Crippen LogP contribution in [0.25, 0.3) is 0 Å². The molecule has 0 saturated heterocycles. The third-order valence-electron chi connectivity index (χ3n) is 3.74. The van der Waals surface area contributed by atoms with E-state index in [1.807, 2.05) is 20.8 Å². The molecule has 0 bridgehead atoms. The molecule has 0 atom stereocenters. The van der Waals surface area contributed by atoms with E-state index in [2.05, 4.69) is 10.3 Å². The normalized spacial score (nSPS) is 11.5. The molecule has 0 aliphatic rings. The molecular weight excluding hydrogens is 385 g/mol. The van der Waals surface area contributed by atoms with Crippen molar-refractivity contribution in [3.05, 3.63) is 58.9 Å². The first-order chi connectivity index (χ1) is 12.8. The van der Waals surface area contributed by atoms with Gasteiger partial charge in [-0.3, -0.25) is 14.6 Å². The van der Waals surface area contributed by atoms with Gasteiger partial charge in [-0.25, -0.2) is 0 Å². The maximum atomic E-state index is 12.8. The maximum absolute atomic E-state index is 12.8. The molecule has 0 aliphatic carbocycles. The zero-order valence-electron chi connectivity index (χ0n) is 15.7. The minimum absolute atomic E-state index is 0. The molecule has 2 rings (SSSR count). The Morgan fingerprint density at radius 1 is 1.07 bits per heavy atom. The lowest BCUT2D eigenvalue weighted by atomic mass is 10.00. The fourth-order valence-electron chi connectivity index (χ4n) is 2.52. The highest BCUT2D eigenvalue weighted by molar-refractivity contribution is 5.93. The fraction of sp³-hybridized carbons (Fsp3) is 0.381. The van der Waals surface area contributed by atoms with Crippen LogP contribution < -0.4 is 5.32 Å². The van der Waals surface area contributed by atoms with Gasteiger partial charge in [0.25, 0.3) is 5.91 Å². The van der Waals surface area contributed by atoms with E-state index < -0.39 is 29.0 Å². The first-order valence-electron chi connectivity index (χ1n) is 8.53. The van der Waals surface area contributed by atoms with Crippen LogP contribution in [0.1, 0.15) is 55.4 Å². The zero-order valence-corrected chi connectivity index (χ0v) is 15.7. The molecule has 1 aromatic heterocycles. The van der Waals surface area contributed by atoms with Crippen LogP contribution in [0.4, 0.5) is 13.2 Å². The van der Waals surface area contributed by atoms with Gasteiger partial charge in [0.05, 0.1) is 5.56 Å². The van der Waals surface area contributed by atoms with Crippen molar-refractivity contribution in [2.45, 2.75) is 52.8 Å². The lowest BCUT2D eigenvalue weighted by Crippen LogP contribution is -2.40. The highest BCUT2D eigenvalue weighted by Crippen LogP contribution is 2.32. The second kappa shape index (κ2) is 9.07. The number of amides is 1. The number of hydrogen-bond donors (Lipinski definition) is 2. The Morgan fingerprint density at radius 2 is 1.72 bits per heavy atom. The number of nitrogens with one attached hydrogen (secondary N) is 1. The molecule has 5 nitrogen and oxygen atoms in total. The Morgan fingerprint density at radius 3 is 2.31 bits per heavy atom. The van der Waals surface area contributed by atoms with Crippen LogP contribution in [0.5, 0.6) is 5.75 Å². The number of ketones is 1. The van der Waals surface area contributed by atoms with Gasteiger partial charge in [-0.2, -0.15) is 13.2 Å². The number of rotatable bonds is 5. The molecule has 0 unspecified atom stereocenters. The second-order valence-electron chi connectivity index (χ2n) is 7.49. The van der Waals surface area contributed by atoms with Crippen LogP contribution in [-0.4, -0.2) is 27.3 Å². The summed E-state index contributed by atoms with van der Waals surface area (Å²) in [5, 5.41) is 12.5. The standard InChI is InChI=1S/C20H21F3N2O3.CH4/c1-19(2,3)25-18(28)16-9-12(6-7-24-16)8-15(26)11-13-10-14(20(21,22)23)4-5-17(13)27;/h4-7,9-10,27H,8,11H2,1-3H3,(H,25,28);1H4. The molecular formula is C21H25F3N2O3. The number of benzene rings is 1. The van der Waals surface area contributed by atoms with E-state index in [0.29, 0.717) is 5.56 Å². The van der Waals surface area contributed by atoms with Crippen LogP contribution in [0.15, 0.2) is 36.5 Å². The van der Waals surface area contributed by atoms with E-state index in [1.165, 1.54) is 12.3 Å². The van der Waals surface area contributed by atoms with Crippen LogP contribution in [0.3, 0.4) is 0 Å². The van der Waals surface area contributed by atoms with E-state index in [4.69, 9.17) is 0 Å². The Labute approximate surface area is 168 Å². The maximum Gasteiger partial charge on any atom is 0.416 e. The number of phenolic OH excluding ortho intramolecular Hbond substituents is 1. The first-order valence-corrected chi connectivity index (χ1v) is 8.53. The fourth-order valence-corrected chi connectivity index (χ4v) is 2.52. The number of Topliss-reactive ketones (excluding diaryl/α,β-unsaturated/α-hetero) is 1. The van der Waals surface area contributed by atoms with Crippen LogP contribution in [0.2, 0.25) is 0 Å². The third-order valence-corrected chi connectivity index (χ3v) is 3.74. The number of carbonyl (C=O) groups excluding carboxylic acids is 2. The molecule has 0 radical (unpaired) electrons. The smallest absolute Gasteiger partial charge is 0.416 e. The van der Waals surface area contributed by atoms with Gasteiger partial charge in [0.1, 0.15) is 17.2 Å². The summed E-state index contributed by atoms with van der Waals surface area (Å²) in [5.74, 6) is -1.17. The van der Waals surface area contributed by atoms with Gasteiger partial charge in [0.15, 0.2) is 0 Å². The summed E-state index contributed by atoms with van der Waals surface area (Å²) < 4.78 is 38.4. The minimum atomic E-state index is -4.56. The van der Waals surface area contributed by atoms with Gasteiger partial charge >= 0.3 is 6.18 Å². The largest absolute Gasteiger partial charge is 0.508 e. The van der Waals surface area contributed by atoms with Crippen molar-refractivity contribution in [2.75, 3.05) is 0 Å². The van der Waals surface area contributed by atoms with Gasteiger partial charge < -0.3 is 10.4 Å². The number of halogens is 3. The minimum Gasteiger partial charge on any atom is -0.508 e. The van der Waals surface area contributed by atoms with E-state index in [9.17, 15) is 27.9 Å². The second-order valence-corrected chi connectivity index (χ2v) is 7.49. The summed E-state index contributed by atoms with van der Waals surface area (Å²) in [5.41, 5.74) is -0.837. The molecule has 0 aliphatic heterocycles. The molecule has 0 spiro atoms. The van der Waals surface area contributed by atoms with Gasteiger partial charge in [-0.05, 0) is 56.7 Å². The van der Waals surface area contributed by atoms with Crippen LogP contribution in [-0.2, 0) is 23.8 Å². The van der Waals surface area contributed by atoms with Gasteiger partial charge in [0, 0.05) is 30.1 Å². The Bertz CT molecular complexity index is 887. The molecule has 0 saturated carbocycles. The first kappa shape index (κ1) is 24.1. The molecule has 158 valence electrons. The molecule has 0 fully saturated rings. The van der Waals surface area contributed by atoms with E-state index in [1.54, 1.807) is 6.07 Å². The number of hydrogen-bond acceptors (Lipinski definition) is 4. The lowest BCUT2D eigenvalue weighted by molar-refractivity contribution is -0.137. The molecule has 8 heteroatoms. The number of aromatic nitrogens is 1. The Kier molecular flexibility index (Phi) is 7.55. The van der Waals surface area contributed by atoms with Crippen LogP contribution >= 0.6 is 0 Å². The summed E-state index contributed by atoms with van der Waals surface area (Å²) in [7, 11) is 0. The van der Waals surface area contributed by atoms with Crippen molar-refractivity contribution < 1.29 is 27.9 Å². The summed E-state index contributed by atoms with van der Waals surface area (Å²) in [6.45, 7) is 5.46. The number of alkyl halides is 3. The Hall–Kier alpha value is -2.90. The van der Waals surface area contributed by atoms with Crippen molar-refractivity contribution in [1.82, 2.24) is 10.3 Å². The zero-order chi connectivity index (χ0) is 21.1. The highest BCUT2D eigenvalue weighted by atomic mass is 19.4. The van der Waals surface area contributed by atoms with Crippen molar-refractivity contribution in [2.24, 2.45) is 0 Å². The van der Waals surface area contributed by atoms with E-state index >= 15 is 0 Å². The highest BCUT2D eigenvalue weighted by Gasteiger charge is 2.31. The number of carbonyl (C=O) groups is 2. The van der Waals surface area contributed by atoms with E-state index in [0.717, 1.165) is 18.2 Å². The molecule has 29 heavy (non-hydrogen) atoms. The number of phenols is 1. The van der Waals surface area contributed by atoms with Gasteiger partial charge in [-0.1, -0.05) is 7.43 Å². The van der Waals surface area contributed by atoms with Crippen molar-refractivity contribution >= 4 is 11.7 Å². The number of aromatic hydroxyl groups is 1. The monoisotopic (exact) mass is 410 g/mol. The number of nitrogens with zero attached hydrogens (tertiary/aromatic N) is 1. The average molecular weight is 410 g/mol. The lowest BCUT2D eigenvalue weighted by Gasteiger charge is -2.20. The molecule has 1 amide bonds. The average Bonchev–Trinajstić information content (AvgIpc) is 2.54. The molecule has 1 aromatic carbocycles. The molecule has 1 heterocycles. The van der Waals surface area contributed by atoms with Crippen LogP contribution in [0, 0.1) is 0 Å². The number of pyridine rings is 1. The summed E-state index contributed by atoms with van der Waals surface area (Å²) in [6.07, 6.45) is -3.64. The van der Waals surface area contributed by atoms with Gasteiger partial charge in [-0.15, -0.1) is 0 Å². The third kappa shape index (κ3) is 7.21. The topological polar surface area (TPSA) is 79.3 Å². The van der Waals surface area contributed by atoms with Gasteiger partial charge in [0.2, 0.25) is 0 Å². The van der Waals surface area contributed by atoms with E-state index in [-0.39, 0.29) is 37.3 Å². The van der Waals surface area contributed by atoms with Crippen molar-refractivity contribution in [1.29, 1.82) is 0 Å². The predicted octanol–water partition coefficient (Wildman–Crippen LogP) is 4.32. The Balaban J connectivity index is 0.00000420. The SMILES string of the molecule is C.CC(C)(C)NC(=O)c1cc(CC(=O)Cc2cc(C(F)(F)F)ccc2O)ccn1. The summed E-state index contributed by atoms with van der Waals surface area (Å²) >= 11 is 0. The van der Waals surface area contributed by atoms with Crippen molar-refractivity contribution in [3.63, 3.8) is 0 Å². The summed E-state index contributed by atoms with van der Waals surface area (Å²) in [6, 6.07) is 5.46. The molecule has 2 N–H and O–H groups in total. The predicted molar refractivity (Wildman–Crippen MR) is 104 cm³/mol.